The Morgan fingerprint density at radius 3 is 2.37 bits per heavy atom. The average molecular weight is 275 g/mol. The Kier molecular flexibility index (Phi) is 4.58. The summed E-state index contributed by atoms with van der Waals surface area (Å²) in [5, 5.41) is 2.55. The van der Waals surface area contributed by atoms with Gasteiger partial charge in [-0.3, -0.25) is 4.79 Å². The average Bonchev–Trinajstić information content (AvgIpc) is 2.42. The second-order valence-corrected chi connectivity index (χ2v) is 5.48. The van der Waals surface area contributed by atoms with Crippen LogP contribution < -0.4 is 5.32 Å². The van der Waals surface area contributed by atoms with E-state index in [0.29, 0.717) is 5.69 Å². The Morgan fingerprint density at radius 1 is 1.11 bits per heavy atom. The largest absolute Gasteiger partial charge is 0.325 e. The van der Waals surface area contributed by atoms with Crippen LogP contribution in [0.2, 0.25) is 0 Å². The first-order valence-corrected chi connectivity index (χ1v) is 6.81. The number of rotatable bonds is 4. The molecular formula is C15H14FNOS. The standard InChI is InChI=1S/C15H14FNOS/c1-11(19-14-5-3-2-4-6-14)15(18)17-13-9-7-12(16)8-10-13/h2-11H,1H3,(H,17,18)/t11-/m0/s1. The van der Waals surface area contributed by atoms with E-state index in [0.717, 1.165) is 4.90 Å². The van der Waals surface area contributed by atoms with Crippen molar-refractivity contribution in [1.29, 1.82) is 0 Å². The molecule has 2 nitrogen and oxygen atoms in total. The van der Waals surface area contributed by atoms with E-state index in [9.17, 15) is 9.18 Å². The maximum atomic E-state index is 12.8. The number of nitrogens with one attached hydrogen (secondary N) is 1. The molecule has 0 radical (unpaired) electrons. The lowest BCUT2D eigenvalue weighted by atomic mass is 10.3. The zero-order chi connectivity index (χ0) is 13.7. The van der Waals surface area contributed by atoms with Crippen molar-refractivity contribution in [1.82, 2.24) is 0 Å². The monoisotopic (exact) mass is 275 g/mol. The highest BCUT2D eigenvalue weighted by atomic mass is 32.2. The lowest BCUT2D eigenvalue weighted by molar-refractivity contribution is -0.115. The molecule has 0 aliphatic carbocycles. The molecule has 1 N–H and O–H groups in total. The molecule has 98 valence electrons. The van der Waals surface area contributed by atoms with Crippen molar-refractivity contribution in [2.24, 2.45) is 0 Å². The van der Waals surface area contributed by atoms with Crippen molar-refractivity contribution in [2.75, 3.05) is 5.32 Å². The molecule has 1 atom stereocenters. The highest BCUT2D eigenvalue weighted by Crippen LogP contribution is 2.23. The predicted molar refractivity (Wildman–Crippen MR) is 76.8 cm³/mol. The fourth-order valence-corrected chi connectivity index (χ4v) is 2.42. The maximum absolute atomic E-state index is 12.8. The van der Waals surface area contributed by atoms with Gasteiger partial charge in [-0.05, 0) is 43.3 Å². The first-order valence-electron chi connectivity index (χ1n) is 5.93. The molecule has 0 aliphatic heterocycles. The molecule has 0 bridgehead atoms. The number of benzene rings is 2. The summed E-state index contributed by atoms with van der Waals surface area (Å²) in [4.78, 5) is 13.0. The van der Waals surface area contributed by atoms with E-state index < -0.39 is 0 Å². The van der Waals surface area contributed by atoms with Gasteiger partial charge in [0, 0.05) is 10.6 Å². The Bertz CT molecular complexity index is 542. The zero-order valence-electron chi connectivity index (χ0n) is 10.5. The van der Waals surface area contributed by atoms with Crippen LogP contribution in [0.25, 0.3) is 0 Å². The second-order valence-electron chi connectivity index (χ2n) is 4.07. The minimum Gasteiger partial charge on any atom is -0.325 e. The van der Waals surface area contributed by atoms with Crippen LogP contribution >= 0.6 is 11.8 Å². The first kappa shape index (κ1) is 13.6. The van der Waals surface area contributed by atoms with Crippen LogP contribution in [0.3, 0.4) is 0 Å². The predicted octanol–water partition coefficient (Wildman–Crippen LogP) is 3.95. The lowest BCUT2D eigenvalue weighted by Gasteiger charge is -2.11. The third-order valence-electron chi connectivity index (χ3n) is 2.54. The number of anilines is 1. The molecule has 0 aliphatic rings. The Labute approximate surface area is 116 Å². The Balaban J connectivity index is 1.94. The highest BCUT2D eigenvalue weighted by molar-refractivity contribution is 8.00. The topological polar surface area (TPSA) is 29.1 Å². The minimum atomic E-state index is -0.315. The van der Waals surface area contributed by atoms with Crippen molar-refractivity contribution in [3.8, 4) is 0 Å². The summed E-state index contributed by atoms with van der Waals surface area (Å²) in [7, 11) is 0. The molecule has 1 amide bonds. The summed E-state index contributed by atoms with van der Waals surface area (Å²) >= 11 is 1.49. The van der Waals surface area contributed by atoms with Gasteiger partial charge in [-0.25, -0.2) is 4.39 Å². The van der Waals surface area contributed by atoms with Gasteiger partial charge in [-0.2, -0.15) is 0 Å². The molecule has 2 rings (SSSR count). The normalized spacial score (nSPS) is 11.9. The third-order valence-corrected chi connectivity index (χ3v) is 3.65. The quantitative estimate of drug-likeness (QED) is 0.856. The van der Waals surface area contributed by atoms with Crippen molar-refractivity contribution < 1.29 is 9.18 Å². The molecule has 0 saturated carbocycles. The van der Waals surface area contributed by atoms with Crippen molar-refractivity contribution in [2.45, 2.75) is 17.1 Å². The van der Waals surface area contributed by atoms with E-state index in [-0.39, 0.29) is 17.0 Å². The fourth-order valence-electron chi connectivity index (χ4n) is 1.53. The van der Waals surface area contributed by atoms with Crippen LogP contribution in [0.4, 0.5) is 10.1 Å². The van der Waals surface area contributed by atoms with Gasteiger partial charge in [0.15, 0.2) is 0 Å². The summed E-state index contributed by atoms with van der Waals surface area (Å²) < 4.78 is 12.8. The van der Waals surface area contributed by atoms with Crippen LogP contribution in [-0.4, -0.2) is 11.2 Å². The molecule has 2 aromatic carbocycles. The van der Waals surface area contributed by atoms with E-state index in [1.54, 1.807) is 12.1 Å². The Morgan fingerprint density at radius 2 is 1.74 bits per heavy atom. The van der Waals surface area contributed by atoms with E-state index in [1.807, 2.05) is 37.3 Å². The molecule has 0 heterocycles. The number of halogens is 1. The number of thioether (sulfide) groups is 1. The number of hydrogen-bond donors (Lipinski definition) is 1. The van der Waals surface area contributed by atoms with Gasteiger partial charge in [0.1, 0.15) is 5.82 Å². The van der Waals surface area contributed by atoms with Gasteiger partial charge in [-0.15, -0.1) is 11.8 Å². The molecular weight excluding hydrogens is 261 g/mol. The second kappa shape index (κ2) is 6.38. The van der Waals surface area contributed by atoms with Crippen molar-refractivity contribution >= 4 is 23.4 Å². The summed E-state index contributed by atoms with van der Waals surface area (Å²) in [6.07, 6.45) is 0. The van der Waals surface area contributed by atoms with E-state index >= 15 is 0 Å². The molecule has 0 spiro atoms. The van der Waals surface area contributed by atoms with Crippen LogP contribution in [0.15, 0.2) is 59.5 Å². The SMILES string of the molecule is C[C@H](Sc1ccccc1)C(=O)Nc1ccc(F)cc1. The van der Waals surface area contributed by atoms with E-state index in [1.165, 1.54) is 23.9 Å². The van der Waals surface area contributed by atoms with Crippen molar-refractivity contribution in [3.05, 3.63) is 60.4 Å². The summed E-state index contributed by atoms with van der Waals surface area (Å²) in [6.45, 7) is 1.84. The van der Waals surface area contributed by atoms with Gasteiger partial charge in [-0.1, -0.05) is 18.2 Å². The van der Waals surface area contributed by atoms with Gasteiger partial charge in [0.25, 0.3) is 0 Å². The van der Waals surface area contributed by atoms with Gasteiger partial charge >= 0.3 is 0 Å². The van der Waals surface area contributed by atoms with Gasteiger partial charge < -0.3 is 5.32 Å². The molecule has 0 unspecified atom stereocenters. The number of carbonyl (C=O) groups is 1. The lowest BCUT2D eigenvalue weighted by Crippen LogP contribution is -2.22. The van der Waals surface area contributed by atoms with Gasteiger partial charge in [0.05, 0.1) is 5.25 Å². The first-order chi connectivity index (χ1) is 9.15. The molecule has 4 heteroatoms. The Hall–Kier alpha value is -1.81. The number of amides is 1. The highest BCUT2D eigenvalue weighted by Gasteiger charge is 2.14. The molecule has 0 saturated heterocycles. The molecule has 0 aromatic heterocycles. The van der Waals surface area contributed by atoms with Crippen LogP contribution in [-0.2, 0) is 4.79 Å². The van der Waals surface area contributed by atoms with E-state index in [2.05, 4.69) is 5.32 Å². The van der Waals surface area contributed by atoms with E-state index in [4.69, 9.17) is 0 Å². The smallest absolute Gasteiger partial charge is 0.237 e. The summed E-state index contributed by atoms with van der Waals surface area (Å²) in [6, 6.07) is 15.5. The zero-order valence-corrected chi connectivity index (χ0v) is 11.3. The molecule has 2 aromatic rings. The minimum absolute atomic E-state index is 0.0968. The number of hydrogen-bond acceptors (Lipinski definition) is 2. The van der Waals surface area contributed by atoms with Crippen LogP contribution in [0.5, 0.6) is 0 Å². The van der Waals surface area contributed by atoms with Crippen LogP contribution in [0.1, 0.15) is 6.92 Å². The molecule has 0 fully saturated rings. The van der Waals surface area contributed by atoms with Crippen molar-refractivity contribution in [3.63, 3.8) is 0 Å². The summed E-state index contributed by atoms with van der Waals surface area (Å²) in [5.74, 6) is -0.412. The molecule has 19 heavy (non-hydrogen) atoms. The van der Waals surface area contributed by atoms with Crippen LogP contribution in [0, 0.1) is 5.82 Å². The number of carbonyl (C=O) groups excluding carboxylic acids is 1. The third kappa shape index (κ3) is 4.10. The fraction of sp³-hybridized carbons (Fsp3) is 0.133. The van der Waals surface area contributed by atoms with Gasteiger partial charge in [0.2, 0.25) is 5.91 Å². The maximum Gasteiger partial charge on any atom is 0.237 e. The summed E-state index contributed by atoms with van der Waals surface area (Å²) in [5.41, 5.74) is 0.604.